The van der Waals surface area contributed by atoms with E-state index >= 15 is 0 Å². The molecule has 2 heterocycles. The number of H-pyrrole nitrogens is 2. The lowest BCUT2D eigenvalue weighted by Crippen LogP contribution is -2.30. The summed E-state index contributed by atoms with van der Waals surface area (Å²) in [6.07, 6.45) is 0. The van der Waals surface area contributed by atoms with Crippen molar-refractivity contribution in [2.45, 2.75) is 20.4 Å². The van der Waals surface area contributed by atoms with Crippen molar-refractivity contribution in [1.82, 2.24) is 14.9 Å². The molecule has 0 fully saturated rings. The van der Waals surface area contributed by atoms with E-state index in [0.717, 1.165) is 16.7 Å². The molecule has 0 aliphatic rings. The molecule has 0 atom stereocenters. The smallest absolute Gasteiger partial charge is 0.314 e. The van der Waals surface area contributed by atoms with Crippen LogP contribution in [-0.4, -0.2) is 27.8 Å². The SMILES string of the molecule is Cc1cc2[nH]c(=O)c(=O)[nH]c2c(CN(C)C(=O)c2cccs2)c1C. The Hall–Kier alpha value is -2.67. The van der Waals surface area contributed by atoms with E-state index in [2.05, 4.69) is 9.97 Å². The number of aryl methyl sites for hydroxylation is 1. The van der Waals surface area contributed by atoms with E-state index in [-0.39, 0.29) is 5.91 Å². The van der Waals surface area contributed by atoms with Gasteiger partial charge in [0.25, 0.3) is 5.91 Å². The minimum absolute atomic E-state index is 0.0779. The Bertz CT molecular complexity index is 1030. The molecule has 0 aliphatic carbocycles. The second-order valence-corrected chi connectivity index (χ2v) is 6.71. The number of benzene rings is 1. The Morgan fingerprint density at radius 2 is 1.92 bits per heavy atom. The van der Waals surface area contributed by atoms with E-state index in [9.17, 15) is 14.4 Å². The van der Waals surface area contributed by atoms with Gasteiger partial charge in [-0.1, -0.05) is 6.07 Å². The summed E-state index contributed by atoms with van der Waals surface area (Å²) in [5.74, 6) is -0.0779. The van der Waals surface area contributed by atoms with E-state index in [1.165, 1.54) is 11.3 Å². The van der Waals surface area contributed by atoms with Crippen LogP contribution < -0.4 is 11.1 Å². The molecule has 2 N–H and O–H groups in total. The lowest BCUT2D eigenvalue weighted by molar-refractivity contribution is 0.0790. The summed E-state index contributed by atoms with van der Waals surface area (Å²) in [5, 5.41) is 1.86. The van der Waals surface area contributed by atoms with Crippen molar-refractivity contribution < 1.29 is 4.79 Å². The van der Waals surface area contributed by atoms with Crippen LogP contribution in [0, 0.1) is 13.8 Å². The molecule has 124 valence electrons. The highest BCUT2D eigenvalue weighted by Crippen LogP contribution is 2.23. The molecule has 24 heavy (non-hydrogen) atoms. The normalized spacial score (nSPS) is 11.0. The van der Waals surface area contributed by atoms with Gasteiger partial charge in [0.15, 0.2) is 0 Å². The second kappa shape index (κ2) is 6.09. The fraction of sp³-hybridized carbons (Fsp3) is 0.235. The predicted octanol–water partition coefficient (Wildman–Crippen LogP) is 2.17. The molecule has 2 aromatic heterocycles. The Morgan fingerprint density at radius 3 is 2.58 bits per heavy atom. The fourth-order valence-electron chi connectivity index (χ4n) is 2.67. The zero-order valence-corrected chi connectivity index (χ0v) is 14.4. The average molecular weight is 343 g/mol. The van der Waals surface area contributed by atoms with E-state index in [1.54, 1.807) is 18.0 Å². The van der Waals surface area contributed by atoms with Crippen LogP contribution in [0.25, 0.3) is 11.0 Å². The van der Waals surface area contributed by atoms with Crippen LogP contribution in [0.1, 0.15) is 26.4 Å². The van der Waals surface area contributed by atoms with Crippen molar-refractivity contribution in [1.29, 1.82) is 0 Å². The molecule has 3 rings (SSSR count). The third kappa shape index (κ3) is 2.78. The van der Waals surface area contributed by atoms with Crippen molar-refractivity contribution in [3.8, 4) is 0 Å². The standard InChI is InChI=1S/C17H17N3O3S/c1-9-7-12-14(19-16(22)15(21)18-12)11(10(9)2)8-20(3)17(23)13-5-4-6-24-13/h4-7H,8H2,1-3H3,(H,18,21)(H,19,22). The molecule has 0 spiro atoms. The quantitative estimate of drug-likeness (QED) is 0.715. The first-order chi connectivity index (χ1) is 11.4. The largest absolute Gasteiger partial charge is 0.337 e. The van der Waals surface area contributed by atoms with Crippen molar-refractivity contribution in [2.24, 2.45) is 0 Å². The molecule has 1 amide bonds. The number of fused-ring (bicyclic) bond motifs is 1. The number of hydrogen-bond acceptors (Lipinski definition) is 4. The number of carbonyl (C=O) groups is 1. The molecule has 0 saturated heterocycles. The molecule has 0 saturated carbocycles. The topological polar surface area (TPSA) is 86.0 Å². The number of aromatic amines is 2. The van der Waals surface area contributed by atoms with Crippen LogP contribution >= 0.6 is 11.3 Å². The summed E-state index contributed by atoms with van der Waals surface area (Å²) in [4.78, 5) is 43.2. The molecular weight excluding hydrogens is 326 g/mol. The van der Waals surface area contributed by atoms with Crippen LogP contribution in [0.15, 0.2) is 33.2 Å². The van der Waals surface area contributed by atoms with E-state index < -0.39 is 11.1 Å². The first kappa shape index (κ1) is 16.2. The minimum atomic E-state index is -0.695. The Kier molecular flexibility index (Phi) is 4.11. The van der Waals surface area contributed by atoms with Gasteiger partial charge in [0.1, 0.15) is 0 Å². The zero-order chi connectivity index (χ0) is 17.4. The third-order valence-corrected chi connectivity index (χ3v) is 5.00. The average Bonchev–Trinajstić information content (AvgIpc) is 3.07. The summed E-state index contributed by atoms with van der Waals surface area (Å²) < 4.78 is 0. The molecule has 0 unspecified atom stereocenters. The maximum absolute atomic E-state index is 12.5. The number of rotatable bonds is 3. The summed E-state index contributed by atoms with van der Waals surface area (Å²) in [5.41, 5.74) is 2.54. The number of nitrogens with zero attached hydrogens (tertiary/aromatic N) is 1. The van der Waals surface area contributed by atoms with Gasteiger partial charge in [-0.25, -0.2) is 0 Å². The minimum Gasteiger partial charge on any atom is -0.337 e. The second-order valence-electron chi connectivity index (χ2n) is 5.77. The Labute approximate surface area is 141 Å². The lowest BCUT2D eigenvalue weighted by atomic mass is 10.0. The molecule has 1 aromatic carbocycles. The van der Waals surface area contributed by atoms with Crippen LogP contribution in [0.2, 0.25) is 0 Å². The van der Waals surface area contributed by atoms with Gasteiger partial charge in [0, 0.05) is 19.2 Å². The van der Waals surface area contributed by atoms with Crippen molar-refractivity contribution in [2.75, 3.05) is 7.05 Å². The summed E-state index contributed by atoms with van der Waals surface area (Å²) in [7, 11) is 1.72. The van der Waals surface area contributed by atoms with E-state index in [4.69, 9.17) is 0 Å². The van der Waals surface area contributed by atoms with Gasteiger partial charge in [0.05, 0.1) is 15.9 Å². The first-order valence-corrected chi connectivity index (χ1v) is 8.31. The lowest BCUT2D eigenvalue weighted by Gasteiger charge is -2.20. The summed E-state index contributed by atoms with van der Waals surface area (Å²) in [6, 6.07) is 5.44. The molecular formula is C17H17N3O3S. The highest BCUT2D eigenvalue weighted by atomic mass is 32.1. The maximum Gasteiger partial charge on any atom is 0.314 e. The van der Waals surface area contributed by atoms with Crippen molar-refractivity contribution in [3.05, 3.63) is 65.9 Å². The first-order valence-electron chi connectivity index (χ1n) is 7.43. The number of nitrogens with one attached hydrogen (secondary N) is 2. The molecule has 0 bridgehead atoms. The number of thiophene rings is 1. The van der Waals surface area contributed by atoms with E-state index in [1.807, 2.05) is 31.4 Å². The van der Waals surface area contributed by atoms with Crippen LogP contribution in [0.3, 0.4) is 0 Å². The predicted molar refractivity (Wildman–Crippen MR) is 94.8 cm³/mol. The van der Waals surface area contributed by atoms with Gasteiger partial charge in [-0.2, -0.15) is 0 Å². The molecule has 6 nitrogen and oxygen atoms in total. The van der Waals surface area contributed by atoms with Gasteiger partial charge in [-0.3, -0.25) is 14.4 Å². The monoisotopic (exact) mass is 343 g/mol. The molecule has 3 aromatic rings. The summed E-state index contributed by atoms with van der Waals surface area (Å²) in [6.45, 7) is 4.21. The molecule has 7 heteroatoms. The van der Waals surface area contributed by atoms with Gasteiger partial charge < -0.3 is 14.9 Å². The number of hydrogen-bond donors (Lipinski definition) is 2. The number of amides is 1. The van der Waals surface area contributed by atoms with Crippen LogP contribution in [0.5, 0.6) is 0 Å². The van der Waals surface area contributed by atoms with Gasteiger partial charge in [-0.15, -0.1) is 11.3 Å². The third-order valence-electron chi connectivity index (χ3n) is 4.14. The van der Waals surface area contributed by atoms with Gasteiger partial charge in [-0.05, 0) is 42.5 Å². The molecule has 0 aliphatic heterocycles. The number of carbonyl (C=O) groups excluding carboxylic acids is 1. The zero-order valence-electron chi connectivity index (χ0n) is 13.6. The number of aromatic nitrogens is 2. The molecule has 0 radical (unpaired) electrons. The van der Waals surface area contributed by atoms with Gasteiger partial charge >= 0.3 is 11.1 Å². The van der Waals surface area contributed by atoms with E-state index in [0.29, 0.717) is 22.5 Å². The van der Waals surface area contributed by atoms with Gasteiger partial charge in [0.2, 0.25) is 0 Å². The fourth-order valence-corrected chi connectivity index (χ4v) is 3.39. The summed E-state index contributed by atoms with van der Waals surface area (Å²) >= 11 is 1.39. The van der Waals surface area contributed by atoms with Crippen molar-refractivity contribution >= 4 is 28.3 Å². The van der Waals surface area contributed by atoms with Crippen LogP contribution in [0.4, 0.5) is 0 Å². The highest BCUT2D eigenvalue weighted by molar-refractivity contribution is 7.12. The van der Waals surface area contributed by atoms with Crippen molar-refractivity contribution in [3.63, 3.8) is 0 Å². The Morgan fingerprint density at radius 1 is 1.21 bits per heavy atom. The highest BCUT2D eigenvalue weighted by Gasteiger charge is 2.17. The maximum atomic E-state index is 12.5. The Balaban J connectivity index is 2.09. The van der Waals surface area contributed by atoms with Crippen LogP contribution in [-0.2, 0) is 6.54 Å².